The van der Waals surface area contributed by atoms with Gasteiger partial charge in [0.05, 0.1) is 31.5 Å². The molecule has 0 aliphatic heterocycles. The Bertz CT molecular complexity index is 602. The lowest BCUT2D eigenvalue weighted by Gasteiger charge is -2.12. The number of pyridine rings is 1. The maximum absolute atomic E-state index is 6.04. The van der Waals surface area contributed by atoms with Gasteiger partial charge in [0.25, 0.3) is 0 Å². The number of rotatable bonds is 2. The largest absolute Gasteiger partial charge is 0.397 e. The summed E-state index contributed by atoms with van der Waals surface area (Å²) in [5.41, 5.74) is 8.23. The molecule has 0 saturated carbocycles. The molecule has 0 saturated heterocycles. The zero-order chi connectivity index (χ0) is 13.3. The smallest absolute Gasteiger partial charge is 0.145 e. The van der Waals surface area contributed by atoms with Gasteiger partial charge in [-0.2, -0.15) is 0 Å². The van der Waals surface area contributed by atoms with Crippen molar-refractivity contribution in [1.29, 1.82) is 0 Å². The molecule has 0 aliphatic rings. The van der Waals surface area contributed by atoms with Gasteiger partial charge in [-0.25, -0.2) is 4.98 Å². The molecule has 0 unspecified atom stereocenters. The molecule has 1 aromatic carbocycles. The third-order valence-electron chi connectivity index (χ3n) is 2.51. The number of nitrogens with zero attached hydrogens (tertiary/aromatic N) is 1. The summed E-state index contributed by atoms with van der Waals surface area (Å²) in [6.07, 6.45) is 1.63. The van der Waals surface area contributed by atoms with Crippen LogP contribution in [0.25, 0.3) is 0 Å². The van der Waals surface area contributed by atoms with Gasteiger partial charge in [-0.3, -0.25) is 0 Å². The number of hydrogen-bond donors (Lipinski definition) is 2. The lowest BCUT2D eigenvalue weighted by atomic mass is 10.2. The van der Waals surface area contributed by atoms with E-state index in [1.165, 1.54) is 0 Å². The number of halogens is 3. The van der Waals surface area contributed by atoms with Gasteiger partial charge in [0.2, 0.25) is 0 Å². The Morgan fingerprint density at radius 2 is 2.00 bits per heavy atom. The van der Waals surface area contributed by atoms with Gasteiger partial charge in [-0.15, -0.1) is 0 Å². The van der Waals surface area contributed by atoms with E-state index in [1.54, 1.807) is 6.20 Å². The van der Waals surface area contributed by atoms with Crippen molar-refractivity contribution in [2.24, 2.45) is 0 Å². The van der Waals surface area contributed by atoms with Gasteiger partial charge < -0.3 is 11.1 Å². The zero-order valence-corrected chi connectivity index (χ0v) is 13.4. The lowest BCUT2D eigenvalue weighted by molar-refractivity contribution is 1.25. The number of benzene rings is 1. The number of aromatic nitrogens is 1. The molecule has 18 heavy (non-hydrogen) atoms. The van der Waals surface area contributed by atoms with Crippen LogP contribution in [0.4, 0.5) is 17.2 Å². The van der Waals surface area contributed by atoms with Crippen molar-refractivity contribution in [3.63, 3.8) is 0 Å². The summed E-state index contributed by atoms with van der Waals surface area (Å²) in [6.45, 7) is 1.93. The summed E-state index contributed by atoms with van der Waals surface area (Å²) in [6, 6.07) is 5.59. The van der Waals surface area contributed by atoms with Gasteiger partial charge in [0.15, 0.2) is 0 Å². The van der Waals surface area contributed by atoms with Crippen LogP contribution in [0.2, 0.25) is 5.02 Å². The number of anilines is 3. The second-order valence-electron chi connectivity index (χ2n) is 3.73. The highest BCUT2D eigenvalue weighted by Crippen LogP contribution is 2.35. The molecular formula is C12H10Br2ClN3. The summed E-state index contributed by atoms with van der Waals surface area (Å²) < 4.78 is 1.64. The fourth-order valence-corrected chi connectivity index (χ4v) is 2.38. The third-order valence-corrected chi connectivity index (χ3v) is 4.88. The van der Waals surface area contributed by atoms with E-state index in [4.69, 9.17) is 17.3 Å². The Labute approximate surface area is 127 Å². The van der Waals surface area contributed by atoms with E-state index in [9.17, 15) is 0 Å². The van der Waals surface area contributed by atoms with Crippen molar-refractivity contribution < 1.29 is 0 Å². The molecule has 0 atom stereocenters. The molecular weight excluding hydrogens is 381 g/mol. The number of nitrogens with one attached hydrogen (secondary N) is 1. The minimum Gasteiger partial charge on any atom is -0.397 e. The van der Waals surface area contributed by atoms with E-state index in [0.717, 1.165) is 20.2 Å². The monoisotopic (exact) mass is 389 g/mol. The first-order valence-corrected chi connectivity index (χ1v) is 7.08. The Morgan fingerprint density at radius 3 is 2.72 bits per heavy atom. The second kappa shape index (κ2) is 5.47. The minimum absolute atomic E-state index is 0.642. The molecule has 3 nitrogen and oxygen atoms in total. The summed E-state index contributed by atoms with van der Waals surface area (Å²) in [5.74, 6) is 0.699. The first kappa shape index (κ1) is 13.6. The topological polar surface area (TPSA) is 50.9 Å². The highest BCUT2D eigenvalue weighted by molar-refractivity contribution is 9.11. The van der Waals surface area contributed by atoms with Crippen LogP contribution in [0.1, 0.15) is 5.56 Å². The standard InChI is InChI=1S/C12H10Br2ClN3/c1-6-8(16)5-17-12(10(6)13)18-9-4-2-3-7(15)11(9)14/h2-5H,16H2,1H3,(H,17,18). The maximum atomic E-state index is 6.04. The third kappa shape index (κ3) is 2.63. The van der Waals surface area contributed by atoms with E-state index in [-0.39, 0.29) is 0 Å². The van der Waals surface area contributed by atoms with E-state index >= 15 is 0 Å². The fraction of sp³-hybridized carbons (Fsp3) is 0.0833. The van der Waals surface area contributed by atoms with E-state index in [0.29, 0.717) is 16.5 Å². The molecule has 1 heterocycles. The number of nitrogen functional groups attached to an aromatic ring is 1. The van der Waals surface area contributed by atoms with Crippen LogP contribution in [0.15, 0.2) is 33.3 Å². The molecule has 0 fully saturated rings. The number of hydrogen-bond acceptors (Lipinski definition) is 3. The minimum atomic E-state index is 0.642. The Morgan fingerprint density at radius 1 is 1.28 bits per heavy atom. The summed E-state index contributed by atoms with van der Waals surface area (Å²) in [5, 5.41) is 3.85. The first-order valence-electron chi connectivity index (χ1n) is 5.12. The van der Waals surface area contributed by atoms with Crippen molar-refractivity contribution in [2.45, 2.75) is 6.92 Å². The average Bonchev–Trinajstić information content (AvgIpc) is 2.35. The first-order chi connectivity index (χ1) is 8.50. The highest BCUT2D eigenvalue weighted by atomic mass is 79.9. The van der Waals surface area contributed by atoms with Crippen molar-refractivity contribution in [3.8, 4) is 0 Å². The SMILES string of the molecule is Cc1c(N)cnc(Nc2cccc(Cl)c2Br)c1Br. The molecule has 2 aromatic rings. The molecule has 6 heteroatoms. The molecule has 1 aromatic heterocycles. The summed E-state index contributed by atoms with van der Waals surface area (Å²) in [4.78, 5) is 4.26. The molecule has 2 rings (SSSR count). The van der Waals surface area contributed by atoms with Crippen LogP contribution >= 0.6 is 43.5 Å². The van der Waals surface area contributed by atoms with Crippen LogP contribution in [0, 0.1) is 6.92 Å². The van der Waals surface area contributed by atoms with Crippen LogP contribution in [-0.2, 0) is 0 Å². The Kier molecular flexibility index (Phi) is 4.14. The summed E-state index contributed by atoms with van der Waals surface area (Å²) in [7, 11) is 0. The van der Waals surface area contributed by atoms with E-state index in [2.05, 4.69) is 42.2 Å². The molecule has 0 aliphatic carbocycles. The lowest BCUT2D eigenvalue weighted by Crippen LogP contribution is -2.00. The molecule has 0 amide bonds. The Hall–Kier alpha value is -0.780. The van der Waals surface area contributed by atoms with Crippen molar-refractivity contribution >= 4 is 60.7 Å². The van der Waals surface area contributed by atoms with Gasteiger partial charge in [-0.1, -0.05) is 17.7 Å². The van der Waals surface area contributed by atoms with Gasteiger partial charge in [0, 0.05) is 0 Å². The molecule has 0 radical (unpaired) electrons. The van der Waals surface area contributed by atoms with Gasteiger partial charge >= 0.3 is 0 Å². The van der Waals surface area contributed by atoms with Crippen molar-refractivity contribution in [2.75, 3.05) is 11.1 Å². The van der Waals surface area contributed by atoms with Gasteiger partial charge in [0.1, 0.15) is 5.82 Å². The fourth-order valence-electron chi connectivity index (χ4n) is 1.41. The van der Waals surface area contributed by atoms with E-state index in [1.807, 2.05) is 25.1 Å². The summed E-state index contributed by atoms with van der Waals surface area (Å²) >= 11 is 12.9. The van der Waals surface area contributed by atoms with Crippen LogP contribution in [0.5, 0.6) is 0 Å². The molecule has 0 bridgehead atoms. The average molecular weight is 391 g/mol. The predicted octanol–water partition coefficient (Wildman–Crippen LogP) is 4.89. The van der Waals surface area contributed by atoms with Crippen LogP contribution in [0.3, 0.4) is 0 Å². The quantitative estimate of drug-likeness (QED) is 0.766. The van der Waals surface area contributed by atoms with E-state index < -0.39 is 0 Å². The predicted molar refractivity (Wildman–Crippen MR) is 83.5 cm³/mol. The van der Waals surface area contributed by atoms with Crippen molar-refractivity contribution in [3.05, 3.63) is 43.9 Å². The molecule has 3 N–H and O–H groups in total. The number of nitrogens with two attached hydrogens (primary N) is 1. The normalized spacial score (nSPS) is 10.4. The zero-order valence-electron chi connectivity index (χ0n) is 9.47. The Balaban J connectivity index is 2.41. The second-order valence-corrected chi connectivity index (χ2v) is 5.72. The van der Waals surface area contributed by atoms with Crippen LogP contribution in [-0.4, -0.2) is 4.98 Å². The van der Waals surface area contributed by atoms with Crippen LogP contribution < -0.4 is 11.1 Å². The molecule has 0 spiro atoms. The van der Waals surface area contributed by atoms with Gasteiger partial charge in [-0.05, 0) is 56.5 Å². The molecule has 94 valence electrons. The van der Waals surface area contributed by atoms with Crippen molar-refractivity contribution in [1.82, 2.24) is 4.98 Å². The maximum Gasteiger partial charge on any atom is 0.145 e. The highest BCUT2D eigenvalue weighted by Gasteiger charge is 2.10.